The summed E-state index contributed by atoms with van der Waals surface area (Å²) in [6.45, 7) is 5.78. The largest absolute Gasteiger partial charge is 0.497 e. The van der Waals surface area contributed by atoms with Gasteiger partial charge in [-0.2, -0.15) is 0 Å². The molecule has 138 valence electrons. The van der Waals surface area contributed by atoms with Crippen LogP contribution in [0.4, 0.5) is 0 Å². The molecule has 2 aromatic rings. The third kappa shape index (κ3) is 4.10. The number of hydrogen-bond acceptors (Lipinski definition) is 4. The molecular formula is C21H25NO4. The lowest BCUT2D eigenvalue weighted by Gasteiger charge is -2.38. The fourth-order valence-corrected chi connectivity index (χ4v) is 3.13. The number of hydrogen-bond donors (Lipinski definition) is 1. The molecule has 1 N–H and O–H groups in total. The van der Waals surface area contributed by atoms with E-state index in [4.69, 9.17) is 14.2 Å². The van der Waals surface area contributed by atoms with Crippen molar-refractivity contribution in [3.05, 3.63) is 54.1 Å². The van der Waals surface area contributed by atoms with Gasteiger partial charge >= 0.3 is 0 Å². The molecule has 0 bridgehead atoms. The van der Waals surface area contributed by atoms with Gasteiger partial charge in [-0.1, -0.05) is 18.2 Å². The molecule has 1 aliphatic heterocycles. The van der Waals surface area contributed by atoms with Crippen molar-refractivity contribution in [2.24, 2.45) is 0 Å². The van der Waals surface area contributed by atoms with E-state index in [-0.39, 0.29) is 17.6 Å². The number of carbonyl (C=O) groups excluding carboxylic acids is 1. The summed E-state index contributed by atoms with van der Waals surface area (Å²) in [5.74, 6) is 2.01. The van der Waals surface area contributed by atoms with Crippen LogP contribution >= 0.6 is 0 Å². The number of amides is 1. The Kier molecular flexibility index (Phi) is 5.07. The zero-order chi connectivity index (χ0) is 18.7. The van der Waals surface area contributed by atoms with E-state index in [1.165, 1.54) is 0 Å². The maximum atomic E-state index is 12.7. The van der Waals surface area contributed by atoms with Crippen LogP contribution in [0.2, 0.25) is 0 Å². The molecule has 0 aliphatic carbocycles. The van der Waals surface area contributed by atoms with Crippen molar-refractivity contribution in [1.82, 2.24) is 5.32 Å². The van der Waals surface area contributed by atoms with Crippen LogP contribution < -0.4 is 19.5 Å². The quantitative estimate of drug-likeness (QED) is 0.884. The summed E-state index contributed by atoms with van der Waals surface area (Å²) >= 11 is 0. The molecule has 1 aliphatic rings. The van der Waals surface area contributed by atoms with Gasteiger partial charge in [-0.25, -0.2) is 0 Å². The summed E-state index contributed by atoms with van der Waals surface area (Å²) in [7, 11) is 1.62. The Hall–Kier alpha value is -2.69. The summed E-state index contributed by atoms with van der Waals surface area (Å²) in [5, 5.41) is 3.10. The minimum atomic E-state index is -0.600. The van der Waals surface area contributed by atoms with E-state index < -0.39 is 6.10 Å². The summed E-state index contributed by atoms with van der Waals surface area (Å²) in [6.07, 6.45) is 0.0640. The van der Waals surface area contributed by atoms with Gasteiger partial charge in [0.15, 0.2) is 6.10 Å². The number of methoxy groups -OCH3 is 1. The van der Waals surface area contributed by atoms with E-state index in [0.717, 1.165) is 17.1 Å². The number of para-hydroxylation sites is 1. The maximum absolute atomic E-state index is 12.7. The topological polar surface area (TPSA) is 56.8 Å². The van der Waals surface area contributed by atoms with E-state index in [0.29, 0.717) is 12.2 Å². The average Bonchev–Trinajstić information content (AvgIpc) is 2.61. The second-order valence-electron chi connectivity index (χ2n) is 7.10. The lowest BCUT2D eigenvalue weighted by Crippen LogP contribution is -2.44. The number of rotatable bonds is 5. The highest BCUT2D eigenvalue weighted by Crippen LogP contribution is 2.41. The van der Waals surface area contributed by atoms with Crippen LogP contribution in [0.1, 0.15) is 38.8 Å². The number of benzene rings is 2. The smallest absolute Gasteiger partial charge is 0.261 e. The van der Waals surface area contributed by atoms with Crippen molar-refractivity contribution in [3.8, 4) is 17.2 Å². The SMILES string of the molecule is COc1ccc2c(c1)[C@H](NC(=O)[C@@H](C)Oc1ccccc1)CC(C)(C)O2. The Morgan fingerprint density at radius 3 is 2.62 bits per heavy atom. The van der Waals surface area contributed by atoms with E-state index in [2.05, 4.69) is 5.32 Å². The molecule has 0 aromatic heterocycles. The van der Waals surface area contributed by atoms with E-state index >= 15 is 0 Å². The van der Waals surface area contributed by atoms with Gasteiger partial charge in [-0.05, 0) is 51.1 Å². The Morgan fingerprint density at radius 1 is 1.19 bits per heavy atom. The summed E-state index contributed by atoms with van der Waals surface area (Å²) in [6, 6.07) is 14.8. The van der Waals surface area contributed by atoms with Gasteiger partial charge in [0.1, 0.15) is 22.8 Å². The molecule has 5 nitrogen and oxygen atoms in total. The lowest BCUT2D eigenvalue weighted by atomic mass is 9.89. The summed E-state index contributed by atoms with van der Waals surface area (Å²) in [5.41, 5.74) is 0.548. The van der Waals surface area contributed by atoms with Crippen molar-refractivity contribution >= 4 is 5.91 Å². The second-order valence-corrected chi connectivity index (χ2v) is 7.10. The van der Waals surface area contributed by atoms with Gasteiger partial charge in [-0.3, -0.25) is 4.79 Å². The van der Waals surface area contributed by atoms with Crippen LogP contribution in [0.25, 0.3) is 0 Å². The van der Waals surface area contributed by atoms with Crippen molar-refractivity contribution in [3.63, 3.8) is 0 Å². The average molecular weight is 355 g/mol. The van der Waals surface area contributed by atoms with E-state index in [1.807, 2.05) is 62.4 Å². The third-order valence-corrected chi connectivity index (χ3v) is 4.42. The molecule has 0 spiro atoms. The molecule has 3 rings (SSSR count). The summed E-state index contributed by atoms with van der Waals surface area (Å²) < 4.78 is 17.1. The maximum Gasteiger partial charge on any atom is 0.261 e. The molecule has 2 atom stereocenters. The zero-order valence-electron chi connectivity index (χ0n) is 15.6. The third-order valence-electron chi connectivity index (χ3n) is 4.42. The highest BCUT2D eigenvalue weighted by atomic mass is 16.5. The zero-order valence-corrected chi connectivity index (χ0v) is 15.6. The van der Waals surface area contributed by atoms with Crippen molar-refractivity contribution in [2.45, 2.75) is 44.9 Å². The summed E-state index contributed by atoms with van der Waals surface area (Å²) in [4.78, 5) is 12.7. The minimum Gasteiger partial charge on any atom is -0.497 e. The fraction of sp³-hybridized carbons (Fsp3) is 0.381. The van der Waals surface area contributed by atoms with Crippen LogP contribution in [0, 0.1) is 0 Å². The first-order valence-corrected chi connectivity index (χ1v) is 8.77. The van der Waals surface area contributed by atoms with Gasteiger partial charge in [0.2, 0.25) is 0 Å². The fourth-order valence-electron chi connectivity index (χ4n) is 3.13. The van der Waals surface area contributed by atoms with Crippen LogP contribution in [0.5, 0.6) is 17.2 Å². The number of fused-ring (bicyclic) bond motifs is 1. The Balaban J connectivity index is 1.77. The highest BCUT2D eigenvalue weighted by Gasteiger charge is 2.35. The molecule has 0 unspecified atom stereocenters. The first-order valence-electron chi connectivity index (χ1n) is 8.77. The molecule has 1 amide bonds. The van der Waals surface area contributed by atoms with Gasteiger partial charge in [0.05, 0.1) is 13.2 Å². The number of ether oxygens (including phenoxy) is 3. The second kappa shape index (κ2) is 7.28. The van der Waals surface area contributed by atoms with Gasteiger partial charge in [0, 0.05) is 12.0 Å². The molecule has 0 saturated carbocycles. The van der Waals surface area contributed by atoms with Crippen LogP contribution in [0.3, 0.4) is 0 Å². The van der Waals surface area contributed by atoms with Gasteiger partial charge < -0.3 is 19.5 Å². The molecule has 0 saturated heterocycles. The molecule has 0 fully saturated rings. The van der Waals surface area contributed by atoms with Gasteiger partial charge in [-0.15, -0.1) is 0 Å². The highest BCUT2D eigenvalue weighted by molar-refractivity contribution is 5.81. The van der Waals surface area contributed by atoms with Crippen LogP contribution in [0.15, 0.2) is 48.5 Å². The standard InChI is InChI=1S/C21H25NO4/c1-14(25-15-8-6-5-7-9-15)20(23)22-18-13-21(2,3)26-19-11-10-16(24-4)12-17(18)19/h5-12,14,18H,13H2,1-4H3,(H,22,23)/t14-,18-/m1/s1. The lowest BCUT2D eigenvalue weighted by molar-refractivity contribution is -0.128. The molecular weight excluding hydrogens is 330 g/mol. The van der Waals surface area contributed by atoms with Crippen molar-refractivity contribution in [2.75, 3.05) is 7.11 Å². The molecule has 0 radical (unpaired) electrons. The molecule has 2 aromatic carbocycles. The van der Waals surface area contributed by atoms with Crippen LogP contribution in [-0.2, 0) is 4.79 Å². The van der Waals surface area contributed by atoms with Crippen molar-refractivity contribution in [1.29, 1.82) is 0 Å². The van der Waals surface area contributed by atoms with E-state index in [1.54, 1.807) is 14.0 Å². The van der Waals surface area contributed by atoms with E-state index in [9.17, 15) is 4.79 Å². The predicted octanol–water partition coefficient (Wildman–Crippen LogP) is 3.88. The normalized spacial score (nSPS) is 18.8. The monoisotopic (exact) mass is 355 g/mol. The van der Waals surface area contributed by atoms with Crippen LogP contribution in [-0.4, -0.2) is 24.7 Å². The number of carbonyl (C=O) groups is 1. The minimum absolute atomic E-state index is 0.162. The Bertz CT molecular complexity index is 773. The number of nitrogens with one attached hydrogen (secondary N) is 1. The molecule has 1 heterocycles. The first kappa shape index (κ1) is 18.1. The molecule has 5 heteroatoms. The molecule has 26 heavy (non-hydrogen) atoms. The Morgan fingerprint density at radius 2 is 1.92 bits per heavy atom. The van der Waals surface area contributed by atoms with Gasteiger partial charge in [0.25, 0.3) is 5.91 Å². The predicted molar refractivity (Wildman–Crippen MR) is 99.7 cm³/mol. The Labute approximate surface area is 154 Å². The van der Waals surface area contributed by atoms with Crippen molar-refractivity contribution < 1.29 is 19.0 Å². The first-order chi connectivity index (χ1) is 12.4.